The topological polar surface area (TPSA) is 64.0 Å². The molecule has 1 amide bonds. The van der Waals surface area contributed by atoms with E-state index in [4.69, 9.17) is 14.6 Å². The van der Waals surface area contributed by atoms with E-state index in [-0.39, 0.29) is 11.9 Å². The van der Waals surface area contributed by atoms with Crippen molar-refractivity contribution in [1.82, 2.24) is 9.88 Å². The maximum absolute atomic E-state index is 14.2. The van der Waals surface area contributed by atoms with E-state index in [1.807, 2.05) is 26.2 Å². The van der Waals surface area contributed by atoms with Crippen LogP contribution in [0.15, 0.2) is 33.2 Å². The number of amides is 1. The number of oxime groups is 1. The molecule has 0 spiro atoms. The number of hydrogen-bond donors (Lipinski definition) is 0. The van der Waals surface area contributed by atoms with Crippen molar-refractivity contribution >= 4 is 39.1 Å². The van der Waals surface area contributed by atoms with Gasteiger partial charge in [-0.05, 0) is 45.7 Å². The molecule has 0 N–H and O–H groups in total. The Labute approximate surface area is 193 Å². The monoisotopic (exact) mass is 509 g/mol. The van der Waals surface area contributed by atoms with Gasteiger partial charge in [0.15, 0.2) is 6.10 Å². The summed E-state index contributed by atoms with van der Waals surface area (Å²) in [4.78, 5) is 24.3. The lowest BCUT2D eigenvalue weighted by molar-refractivity contribution is 0.0205. The van der Waals surface area contributed by atoms with Crippen LogP contribution in [0.1, 0.15) is 68.3 Å². The van der Waals surface area contributed by atoms with Gasteiger partial charge < -0.3 is 14.5 Å². The number of rotatable bonds is 3. The van der Waals surface area contributed by atoms with Crippen LogP contribution >= 0.6 is 27.3 Å². The molecule has 1 fully saturated rings. The van der Waals surface area contributed by atoms with E-state index in [0.29, 0.717) is 35.5 Å². The van der Waals surface area contributed by atoms with Crippen LogP contribution in [0, 0.1) is 5.82 Å². The van der Waals surface area contributed by atoms with Gasteiger partial charge in [-0.15, -0.1) is 11.3 Å². The normalized spacial score (nSPS) is 19.8. The number of carbonyl (C=O) groups excluding carboxylic acids is 1. The minimum Gasteiger partial charge on any atom is -0.444 e. The van der Waals surface area contributed by atoms with Gasteiger partial charge in [0.2, 0.25) is 0 Å². The minimum atomic E-state index is -0.488. The number of carbonyl (C=O) groups is 1. The Hall–Kier alpha value is -2.00. The number of piperidine rings is 1. The largest absolute Gasteiger partial charge is 0.444 e. The van der Waals surface area contributed by atoms with Crippen LogP contribution in [-0.2, 0) is 9.57 Å². The number of likely N-dealkylation sites (tertiary alicyclic amines) is 1. The molecule has 2 aliphatic rings. The fraction of sp³-hybridized carbons (Fsp3) is 0.500. The molecule has 166 valence electrons. The van der Waals surface area contributed by atoms with Crippen LogP contribution < -0.4 is 0 Å². The zero-order chi connectivity index (χ0) is 22.2. The first-order valence-corrected chi connectivity index (χ1v) is 12.0. The first-order chi connectivity index (χ1) is 14.7. The van der Waals surface area contributed by atoms with Gasteiger partial charge in [0.25, 0.3) is 0 Å². The second-order valence-corrected chi connectivity index (χ2v) is 10.5. The lowest BCUT2D eigenvalue weighted by Crippen LogP contribution is -2.41. The van der Waals surface area contributed by atoms with Crippen molar-refractivity contribution < 1.29 is 18.8 Å². The molecule has 1 aromatic heterocycles. The number of thiazole rings is 1. The van der Waals surface area contributed by atoms with E-state index in [0.717, 1.165) is 29.3 Å². The van der Waals surface area contributed by atoms with Crippen LogP contribution in [-0.4, -0.2) is 40.4 Å². The van der Waals surface area contributed by atoms with Crippen LogP contribution in [0.4, 0.5) is 9.18 Å². The predicted octanol–water partition coefficient (Wildman–Crippen LogP) is 6.02. The Kier molecular flexibility index (Phi) is 6.35. The number of nitrogens with zero attached hydrogens (tertiary/aromatic N) is 3. The van der Waals surface area contributed by atoms with E-state index in [2.05, 4.69) is 21.1 Å². The van der Waals surface area contributed by atoms with Gasteiger partial charge in [0.1, 0.15) is 17.1 Å². The molecule has 2 aliphatic heterocycles. The summed E-state index contributed by atoms with van der Waals surface area (Å²) in [6.07, 6.45) is 1.45. The highest BCUT2D eigenvalue weighted by Gasteiger charge is 2.31. The third-order valence-corrected chi connectivity index (χ3v) is 7.00. The van der Waals surface area contributed by atoms with Crippen molar-refractivity contribution in [1.29, 1.82) is 0 Å². The summed E-state index contributed by atoms with van der Waals surface area (Å²) >= 11 is 5.00. The molecule has 9 heteroatoms. The molecule has 2 aromatic rings. The standard InChI is InChI=1S/C22H25BrFN3O3S/c1-22(2,3)29-21(28)27-9-7-13(8-10-27)20-25-17(12-31-20)16-11-18(30-26-16)19-14(23)5-4-6-15(19)24/h4-6,12-13,18H,7-11H2,1-3H3. The molecule has 0 bridgehead atoms. The third-order valence-electron chi connectivity index (χ3n) is 5.30. The Morgan fingerprint density at radius 2 is 2.06 bits per heavy atom. The smallest absolute Gasteiger partial charge is 0.410 e. The fourth-order valence-corrected chi connectivity index (χ4v) is 5.34. The van der Waals surface area contributed by atoms with Crippen molar-refractivity contribution in [2.75, 3.05) is 13.1 Å². The maximum atomic E-state index is 14.2. The summed E-state index contributed by atoms with van der Waals surface area (Å²) in [5.41, 5.74) is 1.50. The predicted molar refractivity (Wildman–Crippen MR) is 121 cm³/mol. The summed E-state index contributed by atoms with van der Waals surface area (Å²) < 4.78 is 20.4. The van der Waals surface area contributed by atoms with Gasteiger partial charge in [-0.25, -0.2) is 14.2 Å². The molecule has 1 aromatic carbocycles. The van der Waals surface area contributed by atoms with E-state index in [1.54, 1.807) is 28.4 Å². The first-order valence-electron chi connectivity index (χ1n) is 10.3. The lowest BCUT2D eigenvalue weighted by Gasteiger charge is -2.32. The number of halogens is 2. The molecule has 0 radical (unpaired) electrons. The highest BCUT2D eigenvalue weighted by molar-refractivity contribution is 9.10. The van der Waals surface area contributed by atoms with Gasteiger partial charge in [0, 0.05) is 40.8 Å². The van der Waals surface area contributed by atoms with Crippen molar-refractivity contribution in [2.24, 2.45) is 5.16 Å². The molecule has 4 rings (SSSR count). The van der Waals surface area contributed by atoms with E-state index >= 15 is 0 Å². The van der Waals surface area contributed by atoms with Crippen molar-refractivity contribution in [3.63, 3.8) is 0 Å². The molecule has 1 saturated heterocycles. The Morgan fingerprint density at radius 3 is 2.74 bits per heavy atom. The Bertz CT molecular complexity index is 976. The summed E-state index contributed by atoms with van der Waals surface area (Å²) in [5, 5.41) is 7.20. The van der Waals surface area contributed by atoms with Crippen LogP contribution in [0.5, 0.6) is 0 Å². The average molecular weight is 510 g/mol. The van der Waals surface area contributed by atoms with Gasteiger partial charge >= 0.3 is 6.09 Å². The van der Waals surface area contributed by atoms with Gasteiger partial charge in [-0.2, -0.15) is 0 Å². The highest BCUT2D eigenvalue weighted by atomic mass is 79.9. The van der Waals surface area contributed by atoms with E-state index in [1.165, 1.54) is 6.07 Å². The van der Waals surface area contributed by atoms with Crippen molar-refractivity contribution in [3.8, 4) is 0 Å². The molecule has 6 nitrogen and oxygen atoms in total. The highest BCUT2D eigenvalue weighted by Crippen LogP contribution is 2.37. The number of aromatic nitrogens is 1. The second kappa shape index (κ2) is 8.86. The first kappa shape index (κ1) is 22.2. The van der Waals surface area contributed by atoms with Gasteiger partial charge in [-0.3, -0.25) is 0 Å². The molecule has 0 aliphatic carbocycles. The quantitative estimate of drug-likeness (QED) is 0.506. The van der Waals surface area contributed by atoms with Crippen molar-refractivity contribution in [3.05, 3.63) is 50.1 Å². The van der Waals surface area contributed by atoms with Crippen LogP contribution in [0.25, 0.3) is 0 Å². The molecule has 31 heavy (non-hydrogen) atoms. The van der Waals surface area contributed by atoms with Gasteiger partial charge in [0.05, 0.1) is 10.7 Å². The average Bonchev–Trinajstić information content (AvgIpc) is 3.36. The zero-order valence-corrected chi connectivity index (χ0v) is 20.1. The van der Waals surface area contributed by atoms with E-state index < -0.39 is 11.7 Å². The molecule has 3 heterocycles. The SMILES string of the molecule is CC(C)(C)OC(=O)N1CCC(c2nc(C3=NOC(c4c(F)cccc4Br)C3)cs2)CC1. The van der Waals surface area contributed by atoms with Crippen molar-refractivity contribution in [2.45, 2.75) is 57.7 Å². The molecular weight excluding hydrogens is 485 g/mol. The summed E-state index contributed by atoms with van der Waals surface area (Å²) in [5.74, 6) is -0.0107. The molecular formula is C22H25BrFN3O3S. The Balaban J connectivity index is 1.36. The number of ether oxygens (including phenoxy) is 1. The number of hydrogen-bond acceptors (Lipinski definition) is 6. The summed E-state index contributed by atoms with van der Waals surface area (Å²) in [6, 6.07) is 4.87. The van der Waals surface area contributed by atoms with Gasteiger partial charge in [-0.1, -0.05) is 27.2 Å². The number of benzene rings is 1. The second-order valence-electron chi connectivity index (χ2n) is 8.78. The zero-order valence-electron chi connectivity index (χ0n) is 17.7. The molecule has 1 unspecified atom stereocenters. The van der Waals surface area contributed by atoms with E-state index in [9.17, 15) is 9.18 Å². The van der Waals surface area contributed by atoms with Crippen LogP contribution in [0.2, 0.25) is 0 Å². The van der Waals surface area contributed by atoms with Crippen LogP contribution in [0.3, 0.4) is 0 Å². The maximum Gasteiger partial charge on any atom is 0.410 e. The molecule has 0 saturated carbocycles. The Morgan fingerprint density at radius 1 is 1.32 bits per heavy atom. The summed E-state index contributed by atoms with van der Waals surface area (Å²) in [6.45, 7) is 6.93. The minimum absolute atomic E-state index is 0.256. The summed E-state index contributed by atoms with van der Waals surface area (Å²) in [7, 11) is 0. The third kappa shape index (κ3) is 5.09. The lowest BCUT2D eigenvalue weighted by atomic mass is 9.98. The molecule has 1 atom stereocenters. The fourth-order valence-electron chi connectivity index (χ4n) is 3.74.